The zero-order chi connectivity index (χ0) is 17.1. The summed E-state index contributed by atoms with van der Waals surface area (Å²) in [5, 5.41) is 8.77. The van der Waals surface area contributed by atoms with Gasteiger partial charge in [0.2, 0.25) is 11.8 Å². The molecule has 0 radical (unpaired) electrons. The molecular weight excluding hydrogens is 322 g/mol. The van der Waals surface area contributed by atoms with Crippen LogP contribution in [0.3, 0.4) is 0 Å². The molecule has 6 heteroatoms. The van der Waals surface area contributed by atoms with E-state index in [1.54, 1.807) is 11.3 Å². The van der Waals surface area contributed by atoms with Gasteiger partial charge in [0.1, 0.15) is 0 Å². The number of aryl methyl sites for hydroxylation is 1. The molecule has 2 aromatic rings. The molecule has 1 aliphatic rings. The van der Waals surface area contributed by atoms with Crippen molar-refractivity contribution in [1.29, 1.82) is 0 Å². The van der Waals surface area contributed by atoms with Gasteiger partial charge in [0.15, 0.2) is 0 Å². The Bertz CT molecular complexity index is 735. The van der Waals surface area contributed by atoms with Gasteiger partial charge in [-0.05, 0) is 44.4 Å². The average Bonchev–Trinajstić information content (AvgIpc) is 3.32. The SMILES string of the molecule is Cc1nc(CC(=O)NC(C)c2ccc(NC(=O)C3CC3)cc2)cs1. The Labute approximate surface area is 145 Å². The number of aromatic nitrogens is 1. The molecule has 2 amide bonds. The fourth-order valence-corrected chi connectivity index (χ4v) is 3.09. The van der Waals surface area contributed by atoms with Crippen molar-refractivity contribution in [2.24, 2.45) is 5.92 Å². The Morgan fingerprint density at radius 2 is 2.00 bits per heavy atom. The first-order valence-corrected chi connectivity index (χ1v) is 9.00. The summed E-state index contributed by atoms with van der Waals surface area (Å²) in [5.41, 5.74) is 2.61. The molecule has 1 unspecified atom stereocenters. The summed E-state index contributed by atoms with van der Waals surface area (Å²) in [6.07, 6.45) is 2.28. The summed E-state index contributed by atoms with van der Waals surface area (Å²) in [5.74, 6) is 0.249. The summed E-state index contributed by atoms with van der Waals surface area (Å²) < 4.78 is 0. The van der Waals surface area contributed by atoms with Crippen molar-refractivity contribution in [3.05, 3.63) is 45.9 Å². The van der Waals surface area contributed by atoms with E-state index in [4.69, 9.17) is 0 Å². The lowest BCUT2D eigenvalue weighted by Crippen LogP contribution is -2.28. The van der Waals surface area contributed by atoms with Crippen LogP contribution in [0.15, 0.2) is 29.6 Å². The van der Waals surface area contributed by atoms with E-state index >= 15 is 0 Å². The summed E-state index contributed by atoms with van der Waals surface area (Å²) in [6, 6.07) is 7.52. The second-order valence-electron chi connectivity index (χ2n) is 6.21. The lowest BCUT2D eigenvalue weighted by atomic mass is 10.1. The van der Waals surface area contributed by atoms with Gasteiger partial charge in [0.25, 0.3) is 0 Å². The van der Waals surface area contributed by atoms with Crippen LogP contribution in [0.5, 0.6) is 0 Å². The van der Waals surface area contributed by atoms with Gasteiger partial charge in [-0.15, -0.1) is 11.3 Å². The van der Waals surface area contributed by atoms with Crippen molar-refractivity contribution in [2.75, 3.05) is 5.32 Å². The molecule has 1 aromatic carbocycles. The topological polar surface area (TPSA) is 71.1 Å². The fraction of sp³-hybridized carbons (Fsp3) is 0.389. The van der Waals surface area contributed by atoms with E-state index < -0.39 is 0 Å². The van der Waals surface area contributed by atoms with Crippen LogP contribution < -0.4 is 10.6 Å². The standard InChI is InChI=1S/C18H21N3O2S/c1-11(19-17(22)9-16-10-24-12(2)20-16)13-5-7-15(8-6-13)21-18(23)14-3-4-14/h5-8,10-11,14H,3-4,9H2,1-2H3,(H,19,22)(H,21,23). The monoisotopic (exact) mass is 343 g/mol. The minimum Gasteiger partial charge on any atom is -0.349 e. The lowest BCUT2D eigenvalue weighted by molar-refractivity contribution is -0.121. The number of hydrogen-bond donors (Lipinski definition) is 2. The summed E-state index contributed by atoms with van der Waals surface area (Å²) in [7, 11) is 0. The first kappa shape index (κ1) is 16.6. The normalized spacial score (nSPS) is 14.9. The van der Waals surface area contributed by atoms with Gasteiger partial charge < -0.3 is 10.6 Å². The molecule has 5 nitrogen and oxygen atoms in total. The van der Waals surface area contributed by atoms with Crippen LogP contribution in [0.1, 0.15) is 42.1 Å². The number of nitrogens with one attached hydrogen (secondary N) is 2. The molecule has 3 rings (SSSR count). The molecule has 1 fully saturated rings. The van der Waals surface area contributed by atoms with Crippen molar-refractivity contribution < 1.29 is 9.59 Å². The Balaban J connectivity index is 1.53. The smallest absolute Gasteiger partial charge is 0.227 e. The number of rotatable bonds is 6. The third-order valence-electron chi connectivity index (χ3n) is 4.01. The van der Waals surface area contributed by atoms with Gasteiger partial charge in [0.05, 0.1) is 23.2 Å². The molecule has 126 valence electrons. The van der Waals surface area contributed by atoms with Gasteiger partial charge in [0, 0.05) is 17.0 Å². The molecule has 1 aromatic heterocycles. The zero-order valence-corrected chi connectivity index (χ0v) is 14.7. The molecular formula is C18H21N3O2S. The van der Waals surface area contributed by atoms with Gasteiger partial charge >= 0.3 is 0 Å². The predicted molar refractivity (Wildman–Crippen MR) is 94.9 cm³/mol. The molecule has 2 N–H and O–H groups in total. The Kier molecular flexibility index (Phi) is 4.94. The second-order valence-corrected chi connectivity index (χ2v) is 7.27. The number of hydrogen-bond acceptors (Lipinski definition) is 4. The fourth-order valence-electron chi connectivity index (χ4n) is 2.47. The number of thiazole rings is 1. The van der Waals surface area contributed by atoms with E-state index in [0.29, 0.717) is 6.42 Å². The molecule has 1 aliphatic carbocycles. The summed E-state index contributed by atoms with van der Waals surface area (Å²) in [6.45, 7) is 3.88. The van der Waals surface area contributed by atoms with Crippen LogP contribution >= 0.6 is 11.3 Å². The molecule has 0 spiro atoms. The van der Waals surface area contributed by atoms with Crippen LogP contribution in [0.4, 0.5) is 5.69 Å². The van der Waals surface area contributed by atoms with Crippen molar-refractivity contribution in [3.8, 4) is 0 Å². The number of benzene rings is 1. The molecule has 0 bridgehead atoms. The predicted octanol–water partition coefficient (Wildman–Crippen LogP) is 3.22. The first-order chi connectivity index (χ1) is 11.5. The van der Waals surface area contributed by atoms with Crippen LogP contribution in [0.25, 0.3) is 0 Å². The van der Waals surface area contributed by atoms with E-state index in [0.717, 1.165) is 34.8 Å². The molecule has 0 saturated heterocycles. The van der Waals surface area contributed by atoms with Gasteiger partial charge in [-0.25, -0.2) is 4.98 Å². The van der Waals surface area contributed by atoms with Gasteiger partial charge in [-0.3, -0.25) is 9.59 Å². The lowest BCUT2D eigenvalue weighted by Gasteiger charge is -2.15. The zero-order valence-electron chi connectivity index (χ0n) is 13.8. The summed E-state index contributed by atoms with van der Waals surface area (Å²) >= 11 is 1.55. The van der Waals surface area contributed by atoms with Crippen LogP contribution in [-0.2, 0) is 16.0 Å². The number of carbonyl (C=O) groups excluding carboxylic acids is 2. The minimum atomic E-state index is -0.0922. The van der Waals surface area contributed by atoms with Crippen molar-refractivity contribution in [1.82, 2.24) is 10.3 Å². The summed E-state index contributed by atoms with van der Waals surface area (Å²) in [4.78, 5) is 28.1. The highest BCUT2D eigenvalue weighted by molar-refractivity contribution is 7.09. The Morgan fingerprint density at radius 3 is 2.58 bits per heavy atom. The van der Waals surface area contributed by atoms with Crippen molar-refractivity contribution >= 4 is 28.8 Å². The third kappa shape index (κ3) is 4.41. The van der Waals surface area contributed by atoms with Gasteiger partial charge in [-0.2, -0.15) is 0 Å². The highest BCUT2D eigenvalue weighted by Crippen LogP contribution is 2.30. The second kappa shape index (κ2) is 7.13. The highest BCUT2D eigenvalue weighted by atomic mass is 32.1. The maximum Gasteiger partial charge on any atom is 0.227 e. The van der Waals surface area contributed by atoms with Crippen molar-refractivity contribution in [3.63, 3.8) is 0 Å². The van der Waals surface area contributed by atoms with E-state index in [1.807, 2.05) is 43.5 Å². The maximum atomic E-state index is 12.1. The Morgan fingerprint density at radius 1 is 1.29 bits per heavy atom. The van der Waals surface area contributed by atoms with E-state index in [9.17, 15) is 9.59 Å². The Hall–Kier alpha value is -2.21. The number of nitrogens with zero attached hydrogens (tertiary/aromatic N) is 1. The largest absolute Gasteiger partial charge is 0.349 e. The number of carbonyl (C=O) groups is 2. The van der Waals surface area contributed by atoms with Crippen LogP contribution in [0, 0.1) is 12.8 Å². The van der Waals surface area contributed by atoms with Crippen LogP contribution in [0.2, 0.25) is 0 Å². The van der Waals surface area contributed by atoms with Crippen LogP contribution in [-0.4, -0.2) is 16.8 Å². The minimum absolute atomic E-state index is 0.0427. The number of amides is 2. The van der Waals surface area contributed by atoms with E-state index in [2.05, 4.69) is 15.6 Å². The maximum absolute atomic E-state index is 12.1. The number of anilines is 1. The van der Waals surface area contributed by atoms with Crippen molar-refractivity contribution in [2.45, 2.75) is 39.2 Å². The quantitative estimate of drug-likeness (QED) is 0.846. The van der Waals surface area contributed by atoms with E-state index in [1.165, 1.54) is 0 Å². The molecule has 0 aliphatic heterocycles. The average molecular weight is 343 g/mol. The highest BCUT2D eigenvalue weighted by Gasteiger charge is 2.29. The molecule has 24 heavy (non-hydrogen) atoms. The molecule has 1 heterocycles. The molecule has 1 saturated carbocycles. The van der Waals surface area contributed by atoms with Gasteiger partial charge in [-0.1, -0.05) is 12.1 Å². The first-order valence-electron chi connectivity index (χ1n) is 8.12. The third-order valence-corrected chi connectivity index (χ3v) is 4.83. The molecule has 1 atom stereocenters. The van der Waals surface area contributed by atoms with E-state index in [-0.39, 0.29) is 23.8 Å².